The third-order valence-corrected chi connectivity index (χ3v) is 7.69. The van der Waals surface area contributed by atoms with Gasteiger partial charge in [0.2, 0.25) is 15.9 Å². The molecule has 0 unspecified atom stereocenters. The number of amides is 1. The minimum absolute atomic E-state index is 0.0490. The number of hydrogen-bond donors (Lipinski definition) is 2. The van der Waals surface area contributed by atoms with Gasteiger partial charge in [-0.2, -0.15) is 0 Å². The molecule has 22 heavy (non-hydrogen) atoms. The van der Waals surface area contributed by atoms with E-state index in [1.54, 1.807) is 17.5 Å². The van der Waals surface area contributed by atoms with Crippen LogP contribution in [0.4, 0.5) is 0 Å². The first-order valence-electron chi connectivity index (χ1n) is 7.84. The molecule has 0 aromatic carbocycles. The van der Waals surface area contributed by atoms with Gasteiger partial charge in [-0.3, -0.25) is 4.79 Å². The number of carbonyl (C=O) groups excluding carboxylic acids is 1. The third kappa shape index (κ3) is 3.70. The largest absolute Gasteiger partial charge is 0.355 e. The van der Waals surface area contributed by atoms with Gasteiger partial charge in [0, 0.05) is 19.5 Å². The van der Waals surface area contributed by atoms with Crippen LogP contribution in [0.2, 0.25) is 0 Å². The van der Waals surface area contributed by atoms with Gasteiger partial charge in [-0.1, -0.05) is 12.5 Å². The molecule has 122 valence electrons. The zero-order chi connectivity index (χ0) is 15.6. The number of rotatable bonds is 7. The number of fused-ring (bicyclic) bond motifs is 2. The predicted molar refractivity (Wildman–Crippen MR) is 86.1 cm³/mol. The van der Waals surface area contributed by atoms with Crippen molar-refractivity contribution in [1.29, 1.82) is 0 Å². The fourth-order valence-electron chi connectivity index (χ4n) is 3.81. The summed E-state index contributed by atoms with van der Waals surface area (Å²) in [5.41, 5.74) is 0. The van der Waals surface area contributed by atoms with Crippen LogP contribution in [0.3, 0.4) is 0 Å². The Balaban J connectivity index is 1.36. The van der Waals surface area contributed by atoms with Gasteiger partial charge < -0.3 is 5.32 Å². The molecule has 1 heterocycles. The van der Waals surface area contributed by atoms with Crippen LogP contribution in [-0.2, 0) is 14.8 Å². The summed E-state index contributed by atoms with van der Waals surface area (Å²) in [6, 6.07) is 3.27. The van der Waals surface area contributed by atoms with Crippen molar-refractivity contribution in [1.82, 2.24) is 10.0 Å². The molecule has 0 radical (unpaired) electrons. The van der Waals surface area contributed by atoms with Crippen molar-refractivity contribution in [3.8, 4) is 0 Å². The predicted octanol–water partition coefficient (Wildman–Crippen LogP) is 1.97. The van der Waals surface area contributed by atoms with E-state index in [1.807, 2.05) is 0 Å². The minimum atomic E-state index is -3.43. The second-order valence-electron chi connectivity index (χ2n) is 6.32. The van der Waals surface area contributed by atoms with E-state index in [1.165, 1.54) is 37.0 Å². The Morgan fingerprint density at radius 2 is 2.14 bits per heavy atom. The van der Waals surface area contributed by atoms with Crippen molar-refractivity contribution in [2.75, 3.05) is 13.1 Å². The van der Waals surface area contributed by atoms with E-state index >= 15 is 0 Å². The highest BCUT2D eigenvalue weighted by Gasteiger charge is 2.39. The number of carbonyl (C=O) groups is 1. The smallest absolute Gasteiger partial charge is 0.250 e. The van der Waals surface area contributed by atoms with Gasteiger partial charge in [0.1, 0.15) is 4.21 Å². The molecule has 3 atom stereocenters. The number of sulfonamides is 1. The molecule has 0 saturated heterocycles. The molecule has 2 aliphatic carbocycles. The molecule has 2 fully saturated rings. The molecule has 1 amide bonds. The van der Waals surface area contributed by atoms with Crippen LogP contribution in [0.15, 0.2) is 21.7 Å². The van der Waals surface area contributed by atoms with Crippen LogP contribution in [0, 0.1) is 17.8 Å². The maximum absolute atomic E-state index is 11.9. The molecular weight excluding hydrogens is 320 g/mol. The number of thiophene rings is 1. The van der Waals surface area contributed by atoms with E-state index in [0.717, 1.165) is 11.8 Å². The zero-order valence-electron chi connectivity index (χ0n) is 12.5. The quantitative estimate of drug-likeness (QED) is 0.744. The van der Waals surface area contributed by atoms with Gasteiger partial charge >= 0.3 is 0 Å². The van der Waals surface area contributed by atoms with Crippen LogP contribution >= 0.6 is 11.3 Å². The minimum Gasteiger partial charge on any atom is -0.355 e. The first-order valence-corrected chi connectivity index (χ1v) is 10.2. The molecule has 3 rings (SSSR count). The van der Waals surface area contributed by atoms with Gasteiger partial charge in [0.25, 0.3) is 0 Å². The van der Waals surface area contributed by atoms with Crippen molar-refractivity contribution in [2.24, 2.45) is 17.8 Å². The molecule has 1 aromatic heterocycles. The Hall–Kier alpha value is -0.920. The number of nitrogens with one attached hydrogen (secondary N) is 2. The van der Waals surface area contributed by atoms with Gasteiger partial charge in [-0.15, -0.1) is 11.3 Å². The molecule has 2 bridgehead atoms. The summed E-state index contributed by atoms with van der Waals surface area (Å²) in [4.78, 5) is 11.9. The van der Waals surface area contributed by atoms with Crippen molar-refractivity contribution in [2.45, 2.75) is 36.3 Å². The van der Waals surface area contributed by atoms with Crippen molar-refractivity contribution in [3.63, 3.8) is 0 Å². The standard InChI is InChI=1S/C15H22N2O3S2/c18-14(10-13-9-11-3-4-12(13)8-11)16-5-6-17-22(19,20)15-2-1-7-21-15/h1-2,7,11-13,17H,3-6,8-10H2,(H,16,18)/t11-,12-,13+/m0/s1. The molecule has 2 aliphatic rings. The number of hydrogen-bond acceptors (Lipinski definition) is 4. The molecule has 2 saturated carbocycles. The average Bonchev–Trinajstić information content (AvgIpc) is 3.20. The van der Waals surface area contributed by atoms with Gasteiger partial charge in [-0.25, -0.2) is 13.1 Å². The normalized spacial score (nSPS) is 27.2. The average molecular weight is 342 g/mol. The second-order valence-corrected chi connectivity index (χ2v) is 9.26. The third-order valence-electron chi connectivity index (χ3n) is 4.83. The fourth-order valence-corrected chi connectivity index (χ4v) is 5.88. The van der Waals surface area contributed by atoms with Crippen LogP contribution in [0.5, 0.6) is 0 Å². The maximum Gasteiger partial charge on any atom is 0.250 e. The Kier molecular flexibility index (Phi) is 4.84. The molecule has 0 spiro atoms. The molecule has 0 aliphatic heterocycles. The molecule has 7 heteroatoms. The Morgan fingerprint density at radius 1 is 1.27 bits per heavy atom. The second kappa shape index (κ2) is 6.68. The highest BCUT2D eigenvalue weighted by Crippen LogP contribution is 2.49. The first-order chi connectivity index (χ1) is 10.5. The Morgan fingerprint density at radius 3 is 2.77 bits per heavy atom. The van der Waals surface area contributed by atoms with Crippen molar-refractivity contribution >= 4 is 27.3 Å². The lowest BCUT2D eigenvalue weighted by Crippen LogP contribution is -2.35. The lowest BCUT2D eigenvalue weighted by Gasteiger charge is -2.20. The van der Waals surface area contributed by atoms with E-state index in [9.17, 15) is 13.2 Å². The molecule has 5 nitrogen and oxygen atoms in total. The van der Waals surface area contributed by atoms with Crippen LogP contribution < -0.4 is 10.0 Å². The summed E-state index contributed by atoms with van der Waals surface area (Å²) < 4.78 is 26.6. The van der Waals surface area contributed by atoms with E-state index in [2.05, 4.69) is 10.0 Å². The van der Waals surface area contributed by atoms with Gasteiger partial charge in [0.15, 0.2) is 0 Å². The van der Waals surface area contributed by atoms with Gasteiger partial charge in [-0.05, 0) is 48.5 Å². The SMILES string of the molecule is O=C(C[C@H]1C[C@H]2CC[C@H]1C2)NCCNS(=O)(=O)c1cccs1. The fraction of sp³-hybridized carbons (Fsp3) is 0.667. The van der Waals surface area contributed by atoms with Crippen LogP contribution in [-0.4, -0.2) is 27.4 Å². The highest BCUT2D eigenvalue weighted by atomic mass is 32.2. The van der Waals surface area contributed by atoms with E-state index in [-0.39, 0.29) is 12.5 Å². The van der Waals surface area contributed by atoms with Crippen molar-refractivity contribution in [3.05, 3.63) is 17.5 Å². The Bertz CT molecular complexity index is 613. The lowest BCUT2D eigenvalue weighted by molar-refractivity contribution is -0.122. The lowest BCUT2D eigenvalue weighted by atomic mass is 9.86. The highest BCUT2D eigenvalue weighted by molar-refractivity contribution is 7.91. The summed E-state index contributed by atoms with van der Waals surface area (Å²) in [6.07, 6.45) is 5.72. The summed E-state index contributed by atoms with van der Waals surface area (Å²) in [6.45, 7) is 0.562. The van der Waals surface area contributed by atoms with Crippen molar-refractivity contribution < 1.29 is 13.2 Å². The first kappa shape index (κ1) is 16.0. The molecule has 2 N–H and O–H groups in total. The van der Waals surface area contributed by atoms with Crippen LogP contribution in [0.1, 0.15) is 32.1 Å². The maximum atomic E-state index is 11.9. The molecular formula is C15H22N2O3S2. The Labute approximate surface area is 135 Å². The van der Waals surface area contributed by atoms with Gasteiger partial charge in [0.05, 0.1) is 0 Å². The summed E-state index contributed by atoms with van der Waals surface area (Å²) in [5.74, 6) is 2.18. The topological polar surface area (TPSA) is 75.3 Å². The zero-order valence-corrected chi connectivity index (χ0v) is 14.1. The summed E-state index contributed by atoms with van der Waals surface area (Å²) in [7, 11) is -3.43. The summed E-state index contributed by atoms with van der Waals surface area (Å²) >= 11 is 1.18. The van der Waals surface area contributed by atoms with E-state index in [4.69, 9.17) is 0 Å². The monoisotopic (exact) mass is 342 g/mol. The molecule has 1 aromatic rings. The van der Waals surface area contributed by atoms with E-state index < -0.39 is 10.0 Å². The van der Waals surface area contributed by atoms with Crippen LogP contribution in [0.25, 0.3) is 0 Å². The summed E-state index contributed by atoms with van der Waals surface area (Å²) in [5, 5.41) is 4.55. The van der Waals surface area contributed by atoms with E-state index in [0.29, 0.717) is 23.1 Å².